The predicted octanol–water partition coefficient (Wildman–Crippen LogP) is 2.64. The first-order valence-corrected chi connectivity index (χ1v) is 5.39. The SMILES string of the molecule is CCOc1ccc2nc(C(=O)O)cc(C)c2c1. The lowest BCUT2D eigenvalue weighted by Crippen LogP contribution is -2.01. The molecule has 0 saturated heterocycles. The molecule has 0 saturated carbocycles. The Labute approximate surface area is 98.9 Å². The Balaban J connectivity index is 2.60. The van der Waals surface area contributed by atoms with Gasteiger partial charge in [0.25, 0.3) is 0 Å². The fourth-order valence-electron chi connectivity index (χ4n) is 1.74. The van der Waals surface area contributed by atoms with Gasteiger partial charge in [-0.1, -0.05) is 0 Å². The van der Waals surface area contributed by atoms with Gasteiger partial charge in [-0.3, -0.25) is 0 Å². The summed E-state index contributed by atoms with van der Waals surface area (Å²) in [5.74, 6) is -0.239. The number of carboxylic acid groups (broad SMARTS) is 1. The Bertz CT molecular complexity index is 578. The Kier molecular flexibility index (Phi) is 2.95. The van der Waals surface area contributed by atoms with Crippen molar-refractivity contribution in [3.8, 4) is 5.75 Å². The third-order valence-electron chi connectivity index (χ3n) is 2.52. The molecule has 0 spiro atoms. The van der Waals surface area contributed by atoms with Crippen LogP contribution in [0, 0.1) is 6.92 Å². The van der Waals surface area contributed by atoms with Crippen molar-refractivity contribution < 1.29 is 14.6 Å². The number of carboxylic acids is 1. The van der Waals surface area contributed by atoms with Crippen molar-refractivity contribution in [3.05, 3.63) is 35.5 Å². The summed E-state index contributed by atoms with van der Waals surface area (Å²) in [7, 11) is 0. The Morgan fingerprint density at radius 2 is 2.18 bits per heavy atom. The summed E-state index contributed by atoms with van der Waals surface area (Å²) in [5, 5.41) is 9.84. The van der Waals surface area contributed by atoms with Gasteiger partial charge >= 0.3 is 5.97 Å². The standard InChI is InChI=1S/C13H13NO3/c1-3-17-9-4-5-11-10(7-9)8(2)6-12(14-11)13(15)16/h4-7H,3H2,1-2H3,(H,15,16). The lowest BCUT2D eigenvalue weighted by atomic mass is 10.1. The maximum Gasteiger partial charge on any atom is 0.354 e. The van der Waals surface area contributed by atoms with E-state index in [4.69, 9.17) is 9.84 Å². The van der Waals surface area contributed by atoms with E-state index in [2.05, 4.69) is 4.98 Å². The number of nitrogens with zero attached hydrogens (tertiary/aromatic N) is 1. The number of benzene rings is 1. The number of ether oxygens (including phenoxy) is 1. The van der Waals surface area contributed by atoms with Crippen LogP contribution in [0.1, 0.15) is 23.0 Å². The van der Waals surface area contributed by atoms with Crippen LogP contribution in [0.4, 0.5) is 0 Å². The van der Waals surface area contributed by atoms with Crippen LogP contribution in [-0.4, -0.2) is 22.7 Å². The van der Waals surface area contributed by atoms with E-state index in [1.165, 1.54) is 0 Å². The average Bonchev–Trinajstić information content (AvgIpc) is 2.30. The van der Waals surface area contributed by atoms with Gasteiger partial charge in [0.1, 0.15) is 11.4 Å². The Morgan fingerprint density at radius 3 is 2.82 bits per heavy atom. The molecule has 0 aliphatic carbocycles. The molecular formula is C13H13NO3. The van der Waals surface area contributed by atoms with Crippen LogP contribution in [0.2, 0.25) is 0 Å². The number of rotatable bonds is 3. The molecule has 1 N–H and O–H groups in total. The zero-order valence-corrected chi connectivity index (χ0v) is 9.73. The number of fused-ring (bicyclic) bond motifs is 1. The number of pyridine rings is 1. The highest BCUT2D eigenvalue weighted by Gasteiger charge is 2.09. The van der Waals surface area contributed by atoms with Gasteiger partial charge in [0.2, 0.25) is 0 Å². The quantitative estimate of drug-likeness (QED) is 0.882. The summed E-state index contributed by atoms with van der Waals surface area (Å²) in [5.41, 5.74) is 1.62. The third-order valence-corrected chi connectivity index (χ3v) is 2.52. The zero-order chi connectivity index (χ0) is 12.4. The van der Waals surface area contributed by atoms with E-state index in [9.17, 15) is 4.79 Å². The van der Waals surface area contributed by atoms with E-state index >= 15 is 0 Å². The van der Waals surface area contributed by atoms with Crippen LogP contribution < -0.4 is 4.74 Å². The summed E-state index contributed by atoms with van der Waals surface area (Å²) in [6.45, 7) is 4.39. The molecule has 4 heteroatoms. The van der Waals surface area contributed by atoms with Crippen molar-refractivity contribution in [1.82, 2.24) is 4.98 Å². The summed E-state index contributed by atoms with van der Waals surface area (Å²) < 4.78 is 5.40. The van der Waals surface area contributed by atoms with E-state index in [1.54, 1.807) is 18.2 Å². The van der Waals surface area contributed by atoms with Gasteiger partial charge < -0.3 is 9.84 Å². The van der Waals surface area contributed by atoms with Crippen molar-refractivity contribution in [2.45, 2.75) is 13.8 Å². The minimum atomic E-state index is -1.01. The van der Waals surface area contributed by atoms with Gasteiger partial charge in [0.15, 0.2) is 0 Å². The number of aryl methyl sites for hydroxylation is 1. The minimum absolute atomic E-state index is 0.0687. The van der Waals surface area contributed by atoms with Gasteiger partial charge in [-0.25, -0.2) is 9.78 Å². The number of hydrogen-bond donors (Lipinski definition) is 1. The summed E-state index contributed by atoms with van der Waals surface area (Å²) in [6, 6.07) is 7.02. The molecule has 4 nitrogen and oxygen atoms in total. The van der Waals surface area contributed by atoms with E-state index in [0.717, 1.165) is 16.7 Å². The maximum absolute atomic E-state index is 10.9. The highest BCUT2D eigenvalue weighted by atomic mass is 16.5. The second kappa shape index (κ2) is 4.41. The molecule has 2 aromatic rings. The normalized spacial score (nSPS) is 10.5. The molecule has 0 unspecified atom stereocenters. The minimum Gasteiger partial charge on any atom is -0.494 e. The van der Waals surface area contributed by atoms with Crippen LogP contribution in [-0.2, 0) is 0 Å². The summed E-state index contributed by atoms with van der Waals surface area (Å²) >= 11 is 0. The molecule has 0 aliphatic heterocycles. The molecule has 1 aromatic heterocycles. The second-order valence-electron chi connectivity index (χ2n) is 3.74. The van der Waals surface area contributed by atoms with Crippen LogP contribution in [0.3, 0.4) is 0 Å². The first-order chi connectivity index (χ1) is 8.11. The Morgan fingerprint density at radius 1 is 1.41 bits per heavy atom. The van der Waals surface area contributed by atoms with Crippen molar-refractivity contribution in [3.63, 3.8) is 0 Å². The smallest absolute Gasteiger partial charge is 0.354 e. The highest BCUT2D eigenvalue weighted by Crippen LogP contribution is 2.23. The van der Waals surface area contributed by atoms with Crippen molar-refractivity contribution >= 4 is 16.9 Å². The zero-order valence-electron chi connectivity index (χ0n) is 9.73. The molecule has 0 fully saturated rings. The molecular weight excluding hydrogens is 218 g/mol. The summed E-state index contributed by atoms with van der Waals surface area (Å²) in [6.07, 6.45) is 0. The van der Waals surface area contributed by atoms with Gasteiger partial charge in [0.05, 0.1) is 12.1 Å². The van der Waals surface area contributed by atoms with Crippen LogP contribution in [0.15, 0.2) is 24.3 Å². The molecule has 2 rings (SSSR count). The Hall–Kier alpha value is -2.10. The van der Waals surface area contributed by atoms with Gasteiger partial charge in [-0.15, -0.1) is 0 Å². The number of aromatic nitrogens is 1. The topological polar surface area (TPSA) is 59.4 Å². The summed E-state index contributed by atoms with van der Waals surface area (Å²) in [4.78, 5) is 15.0. The lowest BCUT2D eigenvalue weighted by Gasteiger charge is -2.07. The van der Waals surface area contributed by atoms with E-state index < -0.39 is 5.97 Å². The average molecular weight is 231 g/mol. The number of hydrogen-bond acceptors (Lipinski definition) is 3. The molecule has 0 bridgehead atoms. The monoisotopic (exact) mass is 231 g/mol. The van der Waals surface area contributed by atoms with Gasteiger partial charge in [0, 0.05) is 5.39 Å². The molecule has 1 aromatic carbocycles. The van der Waals surface area contributed by atoms with Crippen LogP contribution in [0.25, 0.3) is 10.9 Å². The largest absolute Gasteiger partial charge is 0.494 e. The van der Waals surface area contributed by atoms with Crippen molar-refractivity contribution in [2.24, 2.45) is 0 Å². The van der Waals surface area contributed by atoms with E-state index in [-0.39, 0.29) is 5.69 Å². The second-order valence-corrected chi connectivity index (χ2v) is 3.74. The molecule has 0 aliphatic rings. The van der Waals surface area contributed by atoms with Gasteiger partial charge in [-0.2, -0.15) is 0 Å². The van der Waals surface area contributed by atoms with Crippen molar-refractivity contribution in [1.29, 1.82) is 0 Å². The molecule has 0 atom stereocenters. The number of carbonyl (C=O) groups is 1. The first kappa shape index (κ1) is 11.4. The van der Waals surface area contributed by atoms with Crippen LogP contribution >= 0.6 is 0 Å². The fraction of sp³-hybridized carbons (Fsp3) is 0.231. The predicted molar refractivity (Wildman–Crippen MR) is 64.6 cm³/mol. The maximum atomic E-state index is 10.9. The lowest BCUT2D eigenvalue weighted by molar-refractivity contribution is 0.0691. The van der Waals surface area contributed by atoms with E-state index in [1.807, 2.05) is 19.9 Å². The molecule has 88 valence electrons. The first-order valence-electron chi connectivity index (χ1n) is 5.39. The molecule has 0 amide bonds. The molecule has 0 radical (unpaired) electrons. The molecule has 1 heterocycles. The number of aromatic carboxylic acids is 1. The molecule has 17 heavy (non-hydrogen) atoms. The third kappa shape index (κ3) is 2.20. The van der Waals surface area contributed by atoms with Crippen LogP contribution in [0.5, 0.6) is 5.75 Å². The van der Waals surface area contributed by atoms with Crippen molar-refractivity contribution in [2.75, 3.05) is 6.61 Å². The fourth-order valence-corrected chi connectivity index (χ4v) is 1.74. The van der Waals surface area contributed by atoms with E-state index in [0.29, 0.717) is 12.1 Å². The highest BCUT2D eigenvalue weighted by molar-refractivity contribution is 5.91. The van der Waals surface area contributed by atoms with Gasteiger partial charge in [-0.05, 0) is 43.7 Å².